The average molecular weight is 377 g/mol. The molecule has 0 bridgehead atoms. The summed E-state index contributed by atoms with van der Waals surface area (Å²) >= 11 is 0. The van der Waals surface area contributed by atoms with Crippen molar-refractivity contribution in [2.75, 3.05) is 0 Å². The zero-order valence-electron chi connectivity index (χ0n) is 18.2. The lowest BCUT2D eigenvalue weighted by Gasteiger charge is -2.57. The van der Waals surface area contributed by atoms with E-state index in [1.54, 1.807) is 0 Å². The van der Waals surface area contributed by atoms with Crippen molar-refractivity contribution in [3.8, 4) is 0 Å². The summed E-state index contributed by atoms with van der Waals surface area (Å²) in [6, 6.07) is 0. The lowest BCUT2D eigenvalue weighted by molar-refractivity contribution is -0.161. The van der Waals surface area contributed by atoms with E-state index in [0.29, 0.717) is 11.8 Å². The highest BCUT2D eigenvalue weighted by atomic mass is 28.4. The lowest BCUT2D eigenvalue weighted by atomic mass is 9.46. The first-order chi connectivity index (χ1) is 11.9. The molecule has 3 heteroatoms. The molecule has 2 aliphatic carbocycles. The van der Waals surface area contributed by atoms with E-state index >= 15 is 0 Å². The van der Waals surface area contributed by atoms with Crippen molar-refractivity contribution >= 4 is 14.3 Å². The second kappa shape index (κ2) is 7.65. The fraction of sp³-hybridized carbons (Fsp3) is 0.783. The third-order valence-electron chi connectivity index (χ3n) is 7.14. The van der Waals surface area contributed by atoms with Crippen LogP contribution in [0.15, 0.2) is 23.8 Å². The Morgan fingerprint density at radius 2 is 1.96 bits per heavy atom. The van der Waals surface area contributed by atoms with Crippen molar-refractivity contribution < 1.29 is 9.22 Å². The van der Waals surface area contributed by atoms with Crippen molar-refractivity contribution in [2.45, 2.75) is 92.3 Å². The van der Waals surface area contributed by atoms with Crippen LogP contribution in [-0.4, -0.2) is 14.3 Å². The summed E-state index contributed by atoms with van der Waals surface area (Å²) in [4.78, 5) is 13.2. The largest absolute Gasteiger partial charge is 0.519 e. The Labute approximate surface area is 162 Å². The van der Waals surface area contributed by atoms with E-state index in [2.05, 4.69) is 60.0 Å². The molecule has 0 radical (unpaired) electrons. The normalized spacial score (nSPS) is 35.8. The molecule has 0 heterocycles. The van der Waals surface area contributed by atoms with Gasteiger partial charge in [-0.25, -0.2) is 0 Å². The molecule has 0 saturated heterocycles. The topological polar surface area (TPSA) is 26.3 Å². The number of carbonyl (C=O) groups is 1. The van der Waals surface area contributed by atoms with Gasteiger partial charge in [-0.2, -0.15) is 0 Å². The van der Waals surface area contributed by atoms with Crippen LogP contribution in [0.5, 0.6) is 0 Å². The van der Waals surface area contributed by atoms with Crippen LogP contribution in [0.3, 0.4) is 0 Å². The SMILES string of the molecule is C=C1CCC2[C@@](C)(CCC[C@]2(C)C(=O)O[Si](C)(C)C)C1C/C=C(/C)CC. The summed E-state index contributed by atoms with van der Waals surface area (Å²) in [6.07, 6.45) is 10.0. The van der Waals surface area contributed by atoms with Gasteiger partial charge in [0.05, 0.1) is 5.41 Å². The highest BCUT2D eigenvalue weighted by Gasteiger charge is 2.57. The Morgan fingerprint density at radius 1 is 1.31 bits per heavy atom. The highest BCUT2D eigenvalue weighted by Crippen LogP contribution is 2.62. The summed E-state index contributed by atoms with van der Waals surface area (Å²) < 4.78 is 6.02. The molecular formula is C23H40O2Si. The Bertz CT molecular complexity index is 586. The van der Waals surface area contributed by atoms with E-state index < -0.39 is 8.32 Å². The summed E-state index contributed by atoms with van der Waals surface area (Å²) in [7, 11) is -1.87. The van der Waals surface area contributed by atoms with E-state index in [9.17, 15) is 4.79 Å². The van der Waals surface area contributed by atoms with E-state index in [1.165, 1.54) is 17.6 Å². The molecule has 0 aromatic heterocycles. The molecule has 0 N–H and O–H groups in total. The molecule has 4 atom stereocenters. The molecule has 2 fully saturated rings. The summed E-state index contributed by atoms with van der Waals surface area (Å²) in [5.41, 5.74) is 2.67. The maximum atomic E-state index is 13.2. The van der Waals surface area contributed by atoms with Crippen LogP contribution in [0.2, 0.25) is 19.6 Å². The Balaban J connectivity index is 2.34. The van der Waals surface area contributed by atoms with Gasteiger partial charge in [-0.15, -0.1) is 0 Å². The predicted molar refractivity (Wildman–Crippen MR) is 114 cm³/mol. The third kappa shape index (κ3) is 4.18. The molecule has 0 aliphatic heterocycles. The van der Waals surface area contributed by atoms with Gasteiger partial charge in [-0.05, 0) is 89.3 Å². The van der Waals surface area contributed by atoms with Crippen LogP contribution in [0.25, 0.3) is 0 Å². The van der Waals surface area contributed by atoms with Gasteiger partial charge in [0.1, 0.15) is 0 Å². The molecular weight excluding hydrogens is 336 g/mol. The van der Waals surface area contributed by atoms with Crippen LogP contribution in [-0.2, 0) is 9.22 Å². The monoisotopic (exact) mass is 376 g/mol. The molecule has 2 unspecified atom stereocenters. The second-order valence-corrected chi connectivity index (χ2v) is 14.6. The zero-order valence-corrected chi connectivity index (χ0v) is 19.2. The fourth-order valence-corrected chi connectivity index (χ4v) is 6.28. The summed E-state index contributed by atoms with van der Waals surface area (Å²) in [6.45, 7) is 19.8. The van der Waals surface area contributed by atoms with Gasteiger partial charge >= 0.3 is 0 Å². The second-order valence-electron chi connectivity index (χ2n) is 10.2. The smallest absolute Gasteiger partial charge is 0.298 e. The molecule has 148 valence electrons. The van der Waals surface area contributed by atoms with E-state index in [0.717, 1.165) is 38.5 Å². The number of carbonyl (C=O) groups excluding carboxylic acids is 1. The van der Waals surface area contributed by atoms with Crippen LogP contribution in [0.1, 0.15) is 72.6 Å². The van der Waals surface area contributed by atoms with Crippen LogP contribution in [0.4, 0.5) is 0 Å². The molecule has 0 spiro atoms. The summed E-state index contributed by atoms with van der Waals surface area (Å²) in [5.74, 6) is 0.958. The minimum atomic E-state index is -1.87. The quantitative estimate of drug-likeness (QED) is 0.386. The van der Waals surface area contributed by atoms with Gasteiger partial charge in [-0.3, -0.25) is 4.79 Å². The Hall–Kier alpha value is -0.833. The minimum Gasteiger partial charge on any atom is -0.519 e. The van der Waals surface area contributed by atoms with Crippen molar-refractivity contribution in [1.82, 2.24) is 0 Å². The van der Waals surface area contributed by atoms with Gasteiger partial charge < -0.3 is 4.43 Å². The summed E-state index contributed by atoms with van der Waals surface area (Å²) in [5, 5.41) is 0. The first kappa shape index (κ1) is 21.5. The number of fused-ring (bicyclic) bond motifs is 1. The first-order valence-electron chi connectivity index (χ1n) is 10.5. The number of hydrogen-bond donors (Lipinski definition) is 0. The standard InChI is InChI=1S/C23H40O2Si/c1-9-17(2)11-13-19-18(3)12-14-20-22(19,4)15-10-16-23(20,5)21(24)25-26(6,7)8/h11,19-20H,3,9-10,12-16H2,1-2,4-8H3/b17-11-/t19?,20?,22-,23-/m0/s1. The molecule has 2 aliphatic rings. The predicted octanol–water partition coefficient (Wildman–Crippen LogP) is 6.89. The van der Waals surface area contributed by atoms with Crippen molar-refractivity contribution in [1.29, 1.82) is 0 Å². The number of rotatable bonds is 5. The molecule has 0 aromatic carbocycles. The zero-order chi connectivity index (χ0) is 19.8. The lowest BCUT2D eigenvalue weighted by Crippen LogP contribution is -2.54. The molecule has 0 aromatic rings. The molecule has 0 amide bonds. The molecule has 26 heavy (non-hydrogen) atoms. The fourth-order valence-electron chi connectivity index (χ4n) is 5.49. The van der Waals surface area contributed by atoms with Crippen LogP contribution < -0.4 is 0 Å². The van der Waals surface area contributed by atoms with Crippen molar-refractivity contribution in [2.24, 2.45) is 22.7 Å². The molecule has 2 nitrogen and oxygen atoms in total. The van der Waals surface area contributed by atoms with Crippen LogP contribution in [0, 0.1) is 22.7 Å². The van der Waals surface area contributed by atoms with E-state index in [-0.39, 0.29) is 16.8 Å². The number of allylic oxidation sites excluding steroid dienone is 3. The van der Waals surface area contributed by atoms with Crippen molar-refractivity contribution in [3.63, 3.8) is 0 Å². The maximum Gasteiger partial charge on any atom is 0.298 e. The van der Waals surface area contributed by atoms with Gasteiger partial charge in [-0.1, -0.05) is 44.1 Å². The van der Waals surface area contributed by atoms with Gasteiger partial charge in [0.2, 0.25) is 8.32 Å². The van der Waals surface area contributed by atoms with Gasteiger partial charge in [0, 0.05) is 0 Å². The highest BCUT2D eigenvalue weighted by molar-refractivity contribution is 6.71. The first-order valence-corrected chi connectivity index (χ1v) is 13.9. The van der Waals surface area contributed by atoms with Gasteiger partial charge in [0.15, 0.2) is 0 Å². The molecule has 2 saturated carbocycles. The van der Waals surface area contributed by atoms with E-state index in [4.69, 9.17) is 4.43 Å². The van der Waals surface area contributed by atoms with Crippen LogP contribution >= 0.6 is 0 Å². The van der Waals surface area contributed by atoms with Crippen molar-refractivity contribution in [3.05, 3.63) is 23.8 Å². The Morgan fingerprint density at radius 3 is 2.54 bits per heavy atom. The Kier molecular flexibility index (Phi) is 6.32. The number of hydrogen-bond acceptors (Lipinski definition) is 2. The van der Waals surface area contributed by atoms with E-state index in [1.807, 2.05) is 0 Å². The minimum absolute atomic E-state index is 0.0686. The average Bonchev–Trinajstić information content (AvgIpc) is 2.51. The third-order valence-corrected chi connectivity index (χ3v) is 7.94. The van der Waals surface area contributed by atoms with Gasteiger partial charge in [0.25, 0.3) is 5.97 Å². The maximum absolute atomic E-state index is 13.2. The molecule has 2 rings (SSSR count).